The highest BCUT2D eigenvalue weighted by atomic mass is 19.4. The lowest BCUT2D eigenvalue weighted by Crippen LogP contribution is -2.38. The Morgan fingerprint density at radius 2 is 2.12 bits per heavy atom. The van der Waals surface area contributed by atoms with Crippen molar-refractivity contribution < 1.29 is 23.1 Å². The molecule has 0 saturated carbocycles. The van der Waals surface area contributed by atoms with Crippen molar-refractivity contribution in [1.29, 1.82) is 0 Å². The molecule has 1 aromatic carbocycles. The summed E-state index contributed by atoms with van der Waals surface area (Å²) in [6.07, 6.45) is -3.04. The quantitative estimate of drug-likeness (QED) is 0.899. The second kappa shape index (κ2) is 6.18. The van der Waals surface area contributed by atoms with Gasteiger partial charge in [0.05, 0.1) is 17.2 Å². The zero-order valence-electron chi connectivity index (χ0n) is 12.7. The van der Waals surface area contributed by atoms with E-state index >= 15 is 0 Å². The Balaban J connectivity index is 1.82. The minimum absolute atomic E-state index is 0.349. The van der Waals surface area contributed by atoms with Crippen LogP contribution in [0.3, 0.4) is 0 Å². The monoisotopic (exact) mass is 339 g/mol. The van der Waals surface area contributed by atoms with E-state index in [4.69, 9.17) is 5.11 Å². The Bertz CT molecular complexity index is 742. The number of aliphatic carboxylic acids is 1. The highest BCUT2D eigenvalue weighted by Crippen LogP contribution is 2.32. The number of hydrogen-bond donors (Lipinski definition) is 2. The van der Waals surface area contributed by atoms with Crippen LogP contribution in [0.25, 0.3) is 11.3 Å². The summed E-state index contributed by atoms with van der Waals surface area (Å²) in [7, 11) is 0. The van der Waals surface area contributed by atoms with E-state index in [1.807, 2.05) is 4.90 Å². The lowest BCUT2D eigenvalue weighted by molar-refractivity contribution is -0.142. The van der Waals surface area contributed by atoms with Crippen LogP contribution in [0.4, 0.5) is 19.0 Å². The Kier molecular flexibility index (Phi) is 4.21. The molecular formula is C16H16F3N3O2. The highest BCUT2D eigenvalue weighted by molar-refractivity contribution is 5.71. The van der Waals surface area contributed by atoms with E-state index in [1.165, 1.54) is 6.07 Å². The number of carboxylic acids is 1. The van der Waals surface area contributed by atoms with E-state index in [-0.39, 0.29) is 0 Å². The summed E-state index contributed by atoms with van der Waals surface area (Å²) >= 11 is 0. The second-order valence-corrected chi connectivity index (χ2v) is 5.84. The van der Waals surface area contributed by atoms with Crippen LogP contribution in [0.1, 0.15) is 18.4 Å². The summed E-state index contributed by atoms with van der Waals surface area (Å²) in [5, 5.41) is 16.0. The number of nitrogens with zero attached hydrogens (tertiary/aromatic N) is 2. The van der Waals surface area contributed by atoms with Gasteiger partial charge in [-0.25, -0.2) is 0 Å². The van der Waals surface area contributed by atoms with E-state index in [2.05, 4.69) is 10.2 Å². The van der Waals surface area contributed by atoms with Gasteiger partial charge in [0.15, 0.2) is 5.82 Å². The van der Waals surface area contributed by atoms with Crippen LogP contribution < -0.4 is 4.90 Å². The van der Waals surface area contributed by atoms with Crippen LogP contribution >= 0.6 is 0 Å². The normalized spacial score (nSPS) is 18.6. The molecule has 1 aliphatic rings. The van der Waals surface area contributed by atoms with Gasteiger partial charge in [-0.1, -0.05) is 12.1 Å². The molecule has 1 aromatic heterocycles. The average Bonchev–Trinajstić information content (AvgIpc) is 3.04. The fourth-order valence-corrected chi connectivity index (χ4v) is 2.87. The van der Waals surface area contributed by atoms with E-state index < -0.39 is 23.6 Å². The average molecular weight is 339 g/mol. The van der Waals surface area contributed by atoms with Gasteiger partial charge in [0, 0.05) is 24.7 Å². The van der Waals surface area contributed by atoms with Gasteiger partial charge in [-0.3, -0.25) is 9.89 Å². The van der Waals surface area contributed by atoms with Crippen molar-refractivity contribution in [3.8, 4) is 11.3 Å². The van der Waals surface area contributed by atoms with Gasteiger partial charge < -0.3 is 10.0 Å². The molecule has 0 aliphatic carbocycles. The molecule has 1 atom stereocenters. The first-order valence-electron chi connectivity index (χ1n) is 7.55. The largest absolute Gasteiger partial charge is 0.481 e. The molecule has 2 N–H and O–H groups in total. The molecule has 0 bridgehead atoms. The fourth-order valence-electron chi connectivity index (χ4n) is 2.87. The van der Waals surface area contributed by atoms with Crippen molar-refractivity contribution in [2.75, 3.05) is 18.0 Å². The highest BCUT2D eigenvalue weighted by Gasteiger charge is 2.31. The summed E-state index contributed by atoms with van der Waals surface area (Å²) in [4.78, 5) is 13.0. The molecule has 1 aliphatic heterocycles. The maximum atomic E-state index is 12.8. The van der Waals surface area contributed by atoms with E-state index in [1.54, 1.807) is 12.1 Å². The molecular weight excluding hydrogens is 323 g/mol. The lowest BCUT2D eigenvalue weighted by atomic mass is 9.98. The van der Waals surface area contributed by atoms with E-state index in [9.17, 15) is 18.0 Å². The van der Waals surface area contributed by atoms with Crippen LogP contribution in [0.15, 0.2) is 30.3 Å². The smallest absolute Gasteiger partial charge is 0.416 e. The number of piperidine rings is 1. The molecule has 1 fully saturated rings. The minimum atomic E-state index is -4.40. The fraction of sp³-hybridized carbons (Fsp3) is 0.375. The predicted octanol–water partition coefficient (Wildman–Crippen LogP) is 3.40. The zero-order valence-corrected chi connectivity index (χ0v) is 12.7. The van der Waals surface area contributed by atoms with Crippen molar-refractivity contribution in [2.24, 2.45) is 5.92 Å². The molecule has 1 saturated heterocycles. The van der Waals surface area contributed by atoms with E-state index in [0.717, 1.165) is 18.6 Å². The number of nitrogens with one attached hydrogen (secondary N) is 1. The number of carbonyl (C=O) groups is 1. The van der Waals surface area contributed by atoms with Crippen molar-refractivity contribution in [3.63, 3.8) is 0 Å². The molecule has 8 heteroatoms. The van der Waals surface area contributed by atoms with Gasteiger partial charge >= 0.3 is 12.1 Å². The number of aromatic nitrogens is 2. The number of halogens is 3. The van der Waals surface area contributed by atoms with Crippen LogP contribution in [0.5, 0.6) is 0 Å². The zero-order chi connectivity index (χ0) is 17.3. The molecule has 0 radical (unpaired) electrons. The molecule has 0 amide bonds. The summed E-state index contributed by atoms with van der Waals surface area (Å²) in [6.45, 7) is 1.03. The SMILES string of the molecule is O=C(O)C1CCCN(c2cc(-c3cccc(C(F)(F)F)c3)[nH]n2)C1. The van der Waals surface area contributed by atoms with Gasteiger partial charge in [0.2, 0.25) is 0 Å². The Morgan fingerprint density at radius 1 is 1.33 bits per heavy atom. The first-order valence-corrected chi connectivity index (χ1v) is 7.55. The van der Waals surface area contributed by atoms with Crippen molar-refractivity contribution in [2.45, 2.75) is 19.0 Å². The lowest BCUT2D eigenvalue weighted by Gasteiger charge is -2.30. The standard InChI is InChI=1S/C16H16F3N3O2/c17-16(18,19)12-5-1-3-10(7-12)13-8-14(21-20-13)22-6-2-4-11(9-22)15(23)24/h1,3,5,7-8,11H,2,4,6,9H2,(H,20,21)(H,23,24). The minimum Gasteiger partial charge on any atom is -0.481 e. The molecule has 1 unspecified atom stereocenters. The molecule has 128 valence electrons. The first kappa shape index (κ1) is 16.4. The molecule has 0 spiro atoms. The van der Waals surface area contributed by atoms with E-state index in [0.29, 0.717) is 36.6 Å². The third-order valence-corrected chi connectivity index (χ3v) is 4.16. The Morgan fingerprint density at radius 3 is 2.83 bits per heavy atom. The van der Waals surface area contributed by atoms with Crippen LogP contribution in [-0.4, -0.2) is 34.4 Å². The van der Waals surface area contributed by atoms with Gasteiger partial charge in [0.1, 0.15) is 0 Å². The summed E-state index contributed by atoms with van der Waals surface area (Å²) < 4.78 is 38.4. The number of hydrogen-bond acceptors (Lipinski definition) is 3. The number of aromatic amines is 1. The van der Waals surface area contributed by atoms with Crippen LogP contribution in [0.2, 0.25) is 0 Å². The third-order valence-electron chi connectivity index (χ3n) is 4.16. The van der Waals surface area contributed by atoms with Gasteiger partial charge in [-0.2, -0.15) is 18.3 Å². The number of carboxylic acid groups (broad SMARTS) is 1. The van der Waals surface area contributed by atoms with Crippen molar-refractivity contribution in [3.05, 3.63) is 35.9 Å². The maximum absolute atomic E-state index is 12.8. The number of benzene rings is 1. The van der Waals surface area contributed by atoms with Gasteiger partial charge in [-0.05, 0) is 25.0 Å². The third kappa shape index (κ3) is 3.37. The molecule has 2 aromatic rings. The number of alkyl halides is 3. The molecule has 24 heavy (non-hydrogen) atoms. The number of H-pyrrole nitrogens is 1. The molecule has 3 rings (SSSR count). The first-order chi connectivity index (χ1) is 11.3. The number of anilines is 1. The molecule has 2 heterocycles. The Hall–Kier alpha value is -2.51. The Labute approximate surface area is 136 Å². The second-order valence-electron chi connectivity index (χ2n) is 5.84. The predicted molar refractivity (Wildman–Crippen MR) is 81.6 cm³/mol. The summed E-state index contributed by atoms with van der Waals surface area (Å²) in [5.41, 5.74) is 0.129. The van der Waals surface area contributed by atoms with Crippen molar-refractivity contribution in [1.82, 2.24) is 10.2 Å². The topological polar surface area (TPSA) is 69.2 Å². The van der Waals surface area contributed by atoms with Gasteiger partial charge in [-0.15, -0.1) is 0 Å². The number of rotatable bonds is 3. The van der Waals surface area contributed by atoms with Crippen LogP contribution in [-0.2, 0) is 11.0 Å². The summed E-state index contributed by atoms with van der Waals surface area (Å²) in [6, 6.07) is 6.65. The van der Waals surface area contributed by atoms with Gasteiger partial charge in [0.25, 0.3) is 0 Å². The molecule has 5 nitrogen and oxygen atoms in total. The maximum Gasteiger partial charge on any atom is 0.416 e. The summed E-state index contributed by atoms with van der Waals surface area (Å²) in [5.74, 6) is -0.742. The van der Waals surface area contributed by atoms with Crippen LogP contribution in [0, 0.1) is 5.92 Å². The van der Waals surface area contributed by atoms with Crippen molar-refractivity contribution >= 4 is 11.8 Å².